The van der Waals surface area contributed by atoms with Gasteiger partial charge in [0.1, 0.15) is 18.2 Å². The molecule has 1 aliphatic heterocycles. The maximum Gasteiger partial charge on any atom is 0.337 e. The van der Waals surface area contributed by atoms with Gasteiger partial charge in [0.05, 0.1) is 23.6 Å². The van der Waals surface area contributed by atoms with Gasteiger partial charge in [-0.1, -0.05) is 48.5 Å². The third kappa shape index (κ3) is 5.71. The predicted molar refractivity (Wildman–Crippen MR) is 163 cm³/mol. The lowest BCUT2D eigenvalue weighted by molar-refractivity contribution is 0.0600. The minimum absolute atomic E-state index is 0. The van der Waals surface area contributed by atoms with Crippen LogP contribution in [0, 0.1) is 5.82 Å². The van der Waals surface area contributed by atoms with Gasteiger partial charge in [-0.05, 0) is 79.0 Å². The topological polar surface area (TPSA) is 52.5 Å². The largest absolute Gasteiger partial charge is 0.488 e. The van der Waals surface area contributed by atoms with Crippen LogP contribution in [0.15, 0.2) is 97.1 Å². The molecule has 5 aromatic rings. The molecule has 1 aliphatic rings. The third-order valence-corrected chi connectivity index (χ3v) is 7.59. The number of nitrogens with one attached hydrogen (secondary N) is 1. The zero-order valence-corrected chi connectivity index (χ0v) is 23.6. The highest BCUT2D eigenvalue weighted by atomic mass is 35.5. The van der Waals surface area contributed by atoms with Crippen LogP contribution in [-0.4, -0.2) is 30.7 Å². The van der Waals surface area contributed by atoms with Crippen molar-refractivity contribution >= 4 is 29.3 Å². The van der Waals surface area contributed by atoms with Crippen molar-refractivity contribution in [3.63, 3.8) is 0 Å². The van der Waals surface area contributed by atoms with Crippen LogP contribution in [0.2, 0.25) is 0 Å². The van der Waals surface area contributed by atoms with Crippen molar-refractivity contribution in [2.24, 2.45) is 0 Å². The van der Waals surface area contributed by atoms with Gasteiger partial charge < -0.3 is 19.4 Å². The van der Waals surface area contributed by atoms with Crippen molar-refractivity contribution in [1.29, 1.82) is 0 Å². The van der Waals surface area contributed by atoms with Gasteiger partial charge in [0, 0.05) is 29.4 Å². The van der Waals surface area contributed by atoms with Gasteiger partial charge in [0.15, 0.2) is 0 Å². The lowest BCUT2D eigenvalue weighted by Crippen LogP contribution is -2.29. The lowest BCUT2D eigenvalue weighted by Gasteiger charge is -2.26. The Morgan fingerprint density at radius 1 is 0.951 bits per heavy atom. The Morgan fingerprint density at radius 2 is 1.71 bits per heavy atom. The number of hydrogen-bond donors (Lipinski definition) is 1. The molecule has 0 spiro atoms. The lowest BCUT2D eigenvalue weighted by atomic mass is 9.89. The van der Waals surface area contributed by atoms with Crippen molar-refractivity contribution in [3.8, 4) is 22.6 Å². The summed E-state index contributed by atoms with van der Waals surface area (Å²) in [5.74, 6) is 0.359. The van der Waals surface area contributed by atoms with E-state index in [0.29, 0.717) is 12.2 Å². The SMILES string of the molecule is COC(=O)c1ccc(-c2c(C3CCCNC3)n(-c3ccc(F)cc3)c3cccc(OCc4ccccc4)c23)cc1.Cl. The molecule has 0 amide bonds. The molecule has 41 heavy (non-hydrogen) atoms. The van der Waals surface area contributed by atoms with E-state index in [9.17, 15) is 9.18 Å². The molecule has 1 N–H and O–H groups in total. The summed E-state index contributed by atoms with van der Waals surface area (Å²) in [6.07, 6.45) is 2.09. The average molecular weight is 571 g/mol. The molecule has 0 saturated carbocycles. The molecule has 210 valence electrons. The number of carbonyl (C=O) groups is 1. The molecule has 0 radical (unpaired) electrons. The van der Waals surface area contributed by atoms with E-state index < -0.39 is 0 Å². The number of piperidine rings is 1. The molecule has 1 unspecified atom stereocenters. The van der Waals surface area contributed by atoms with E-state index >= 15 is 0 Å². The smallest absolute Gasteiger partial charge is 0.337 e. The van der Waals surface area contributed by atoms with E-state index in [1.165, 1.54) is 19.2 Å². The molecule has 0 bridgehead atoms. The van der Waals surface area contributed by atoms with E-state index in [0.717, 1.165) is 70.7 Å². The molecule has 7 heteroatoms. The number of methoxy groups -OCH3 is 1. The van der Waals surface area contributed by atoms with Crippen molar-refractivity contribution in [2.75, 3.05) is 20.2 Å². The highest BCUT2D eigenvalue weighted by molar-refractivity contribution is 6.04. The van der Waals surface area contributed by atoms with Gasteiger partial charge in [-0.15, -0.1) is 12.4 Å². The average Bonchev–Trinajstić information content (AvgIpc) is 3.37. The Bertz CT molecular complexity index is 1630. The van der Waals surface area contributed by atoms with E-state index in [2.05, 4.69) is 28.1 Å². The van der Waals surface area contributed by atoms with E-state index in [1.54, 1.807) is 12.1 Å². The molecule has 1 fully saturated rings. The van der Waals surface area contributed by atoms with Crippen LogP contribution in [0.3, 0.4) is 0 Å². The van der Waals surface area contributed by atoms with Gasteiger partial charge >= 0.3 is 5.97 Å². The Hall–Kier alpha value is -4.13. The van der Waals surface area contributed by atoms with Gasteiger partial charge in [-0.2, -0.15) is 0 Å². The van der Waals surface area contributed by atoms with Crippen LogP contribution >= 0.6 is 12.4 Å². The Morgan fingerprint density at radius 3 is 2.39 bits per heavy atom. The number of hydrogen-bond acceptors (Lipinski definition) is 4. The van der Waals surface area contributed by atoms with Crippen molar-refractivity contribution < 1.29 is 18.7 Å². The van der Waals surface area contributed by atoms with Gasteiger partial charge in [0.25, 0.3) is 0 Å². The number of ether oxygens (including phenoxy) is 2. The first-order valence-corrected chi connectivity index (χ1v) is 13.6. The Balaban J connectivity index is 0.00000337. The second-order valence-corrected chi connectivity index (χ2v) is 10.1. The summed E-state index contributed by atoms with van der Waals surface area (Å²) in [6.45, 7) is 2.26. The predicted octanol–water partition coefficient (Wildman–Crippen LogP) is 7.69. The maximum atomic E-state index is 14.0. The van der Waals surface area contributed by atoms with E-state index in [1.807, 2.05) is 54.6 Å². The van der Waals surface area contributed by atoms with E-state index in [4.69, 9.17) is 9.47 Å². The van der Waals surface area contributed by atoms with Crippen LogP contribution in [0.1, 0.15) is 40.4 Å². The maximum absolute atomic E-state index is 14.0. The number of carbonyl (C=O) groups excluding carboxylic acids is 1. The molecule has 5 nitrogen and oxygen atoms in total. The Labute approximate surface area is 245 Å². The van der Waals surface area contributed by atoms with Gasteiger partial charge in [-0.3, -0.25) is 0 Å². The molecule has 1 aromatic heterocycles. The number of benzene rings is 4. The monoisotopic (exact) mass is 570 g/mol. The van der Waals surface area contributed by atoms with Crippen LogP contribution in [0.4, 0.5) is 4.39 Å². The summed E-state index contributed by atoms with van der Waals surface area (Å²) >= 11 is 0. The summed E-state index contributed by atoms with van der Waals surface area (Å²) in [5.41, 5.74) is 6.65. The second-order valence-electron chi connectivity index (χ2n) is 10.1. The van der Waals surface area contributed by atoms with Crippen LogP contribution in [-0.2, 0) is 11.3 Å². The zero-order chi connectivity index (χ0) is 27.5. The van der Waals surface area contributed by atoms with Crippen molar-refractivity contribution in [2.45, 2.75) is 25.4 Å². The fourth-order valence-electron chi connectivity index (χ4n) is 5.71. The summed E-state index contributed by atoms with van der Waals surface area (Å²) in [7, 11) is 1.39. The summed E-state index contributed by atoms with van der Waals surface area (Å²) in [5, 5.41) is 4.57. The number of nitrogens with zero attached hydrogens (tertiary/aromatic N) is 1. The molecule has 2 heterocycles. The first-order valence-electron chi connectivity index (χ1n) is 13.6. The third-order valence-electron chi connectivity index (χ3n) is 7.59. The number of rotatable bonds is 7. The van der Waals surface area contributed by atoms with Crippen LogP contribution in [0.5, 0.6) is 5.75 Å². The quantitative estimate of drug-likeness (QED) is 0.204. The first-order chi connectivity index (χ1) is 19.6. The molecule has 1 saturated heterocycles. The molecule has 1 atom stereocenters. The van der Waals surface area contributed by atoms with E-state index in [-0.39, 0.29) is 30.1 Å². The summed E-state index contributed by atoms with van der Waals surface area (Å²) in [6, 6.07) is 30.5. The van der Waals surface area contributed by atoms with Crippen LogP contribution < -0.4 is 10.1 Å². The number of fused-ring (bicyclic) bond motifs is 1. The fraction of sp³-hybridized carbons (Fsp3) is 0.206. The standard InChI is InChI=1S/C34H31FN2O3.ClH/c1-39-34(38)25-14-12-24(13-15-25)31-32-29(10-5-11-30(32)40-22-23-7-3-2-4-8-23)37(28-18-16-27(35)17-19-28)33(31)26-9-6-20-36-21-26;/h2-5,7-8,10-19,26,36H,6,9,20-22H2,1H3;1H. The normalized spacial score (nSPS) is 14.8. The highest BCUT2D eigenvalue weighted by Crippen LogP contribution is 2.46. The van der Waals surface area contributed by atoms with Crippen LogP contribution in [0.25, 0.3) is 27.7 Å². The summed E-state index contributed by atoms with van der Waals surface area (Å²) < 4.78 is 27.7. The first kappa shape index (κ1) is 28.4. The summed E-state index contributed by atoms with van der Waals surface area (Å²) in [4.78, 5) is 12.2. The van der Waals surface area contributed by atoms with Crippen molar-refractivity contribution in [3.05, 3.63) is 120 Å². The molecule has 0 aliphatic carbocycles. The Kier molecular flexibility index (Phi) is 8.72. The molecular formula is C34H32ClFN2O3. The van der Waals surface area contributed by atoms with Gasteiger partial charge in [-0.25, -0.2) is 9.18 Å². The number of aromatic nitrogens is 1. The minimum atomic E-state index is -0.371. The van der Waals surface area contributed by atoms with Gasteiger partial charge in [0.2, 0.25) is 0 Å². The fourth-order valence-corrected chi connectivity index (χ4v) is 5.71. The van der Waals surface area contributed by atoms with Crippen molar-refractivity contribution in [1.82, 2.24) is 9.88 Å². The zero-order valence-electron chi connectivity index (χ0n) is 22.8. The second kappa shape index (κ2) is 12.6. The minimum Gasteiger partial charge on any atom is -0.488 e. The highest BCUT2D eigenvalue weighted by Gasteiger charge is 2.29. The number of halogens is 2. The molecular weight excluding hydrogens is 539 g/mol. The molecule has 6 rings (SSSR count). The number of esters is 1. The molecule has 4 aromatic carbocycles.